The number of aryl methyl sites for hydroxylation is 6. The summed E-state index contributed by atoms with van der Waals surface area (Å²) in [4.78, 5) is 39.6. The minimum atomic E-state index is -0.266. The van der Waals surface area contributed by atoms with E-state index in [2.05, 4.69) is 94.0 Å². The molecule has 2 N–H and O–H groups in total. The largest absolute Gasteiger partial charge is 0.355 e. The zero-order chi connectivity index (χ0) is 36.5. The summed E-state index contributed by atoms with van der Waals surface area (Å²) < 4.78 is 0. The molecule has 3 heterocycles. The molecule has 0 spiro atoms. The quantitative estimate of drug-likeness (QED) is 0.141. The Balaban J connectivity index is 1.39. The van der Waals surface area contributed by atoms with Gasteiger partial charge < -0.3 is 9.97 Å². The fraction of sp³-hybridized carbons (Fsp3) is 0.170. The standard InChI is InChI=1S/C47H43N3O2/c1-28-24-30(3)42(31(4)25-28)44(38-20-22-40(49-38)46(51)34-14-9-7-10-15-34)36-18-13-19-37(48-36)45(43-32(5)26-29(2)27-33(43)6)39-21-23-41(50-39)47(52)35-16-11-8-12-17-35/h7-27,44-45,49-50H,1-6H3. The number of rotatable bonds is 10. The highest BCUT2D eigenvalue weighted by Crippen LogP contribution is 2.39. The minimum absolute atomic E-state index is 0.0531. The van der Waals surface area contributed by atoms with Crippen LogP contribution in [0, 0.1) is 41.5 Å². The molecule has 0 fully saturated rings. The fourth-order valence-electron chi connectivity index (χ4n) is 7.92. The highest BCUT2D eigenvalue weighted by atomic mass is 16.1. The summed E-state index contributed by atoms with van der Waals surface area (Å²) in [6.45, 7) is 12.8. The zero-order valence-electron chi connectivity index (χ0n) is 30.5. The lowest BCUT2D eigenvalue weighted by molar-refractivity contribution is 0.102. The SMILES string of the molecule is Cc1cc(C)c(C(c2cccc(C(c3ccc(C(=O)c4ccccc4)[nH]3)c3c(C)cc(C)cc3C)n2)c2ccc(C(=O)c3ccccc3)[nH]2)c(C)c1. The Kier molecular flexibility index (Phi) is 9.44. The maximum Gasteiger partial charge on any atom is 0.209 e. The topological polar surface area (TPSA) is 78.6 Å². The third-order valence-corrected chi connectivity index (χ3v) is 10.0. The van der Waals surface area contributed by atoms with Crippen molar-refractivity contribution in [3.63, 3.8) is 0 Å². The number of aromatic nitrogens is 3. The predicted octanol–water partition coefficient (Wildman–Crippen LogP) is 10.4. The Morgan fingerprint density at radius 2 is 0.827 bits per heavy atom. The van der Waals surface area contributed by atoms with E-state index in [1.54, 1.807) is 0 Å². The van der Waals surface area contributed by atoms with Crippen molar-refractivity contribution in [1.29, 1.82) is 0 Å². The molecular weight excluding hydrogens is 639 g/mol. The van der Waals surface area contributed by atoms with E-state index in [0.29, 0.717) is 22.5 Å². The Labute approximate surface area is 305 Å². The molecule has 2 unspecified atom stereocenters. The monoisotopic (exact) mass is 681 g/mol. The second-order valence-corrected chi connectivity index (χ2v) is 14.0. The van der Waals surface area contributed by atoms with Crippen LogP contribution >= 0.6 is 0 Å². The summed E-state index contributed by atoms with van der Waals surface area (Å²) in [6.07, 6.45) is 0. The number of H-pyrrole nitrogens is 2. The van der Waals surface area contributed by atoms with Gasteiger partial charge in [0.05, 0.1) is 34.6 Å². The summed E-state index contributed by atoms with van der Waals surface area (Å²) in [5.41, 5.74) is 15.2. The van der Waals surface area contributed by atoms with Gasteiger partial charge >= 0.3 is 0 Å². The van der Waals surface area contributed by atoms with Gasteiger partial charge in [-0.1, -0.05) is 102 Å². The van der Waals surface area contributed by atoms with Gasteiger partial charge in [-0.05, 0) is 111 Å². The number of benzene rings is 4. The van der Waals surface area contributed by atoms with E-state index >= 15 is 0 Å². The lowest BCUT2D eigenvalue weighted by Crippen LogP contribution is -2.15. The normalized spacial score (nSPS) is 12.4. The van der Waals surface area contributed by atoms with Crippen molar-refractivity contribution in [3.8, 4) is 0 Å². The molecule has 0 saturated heterocycles. The van der Waals surface area contributed by atoms with Crippen LogP contribution in [0.1, 0.15) is 111 Å². The Bertz CT molecular complexity index is 2200. The number of hydrogen-bond donors (Lipinski definition) is 2. The molecule has 0 aliphatic carbocycles. The van der Waals surface area contributed by atoms with E-state index in [9.17, 15) is 9.59 Å². The van der Waals surface area contributed by atoms with Gasteiger partial charge in [0.2, 0.25) is 11.6 Å². The molecule has 3 aromatic heterocycles. The van der Waals surface area contributed by atoms with Gasteiger partial charge in [-0.15, -0.1) is 0 Å². The lowest BCUT2D eigenvalue weighted by atomic mass is 9.83. The van der Waals surface area contributed by atoms with Crippen LogP contribution in [0.25, 0.3) is 0 Å². The Morgan fingerprint density at radius 3 is 1.19 bits per heavy atom. The molecule has 2 atom stereocenters. The first-order valence-corrected chi connectivity index (χ1v) is 17.8. The van der Waals surface area contributed by atoms with Crippen LogP contribution in [0.15, 0.2) is 127 Å². The van der Waals surface area contributed by atoms with Gasteiger partial charge in [-0.25, -0.2) is 0 Å². The smallest absolute Gasteiger partial charge is 0.209 e. The summed E-state index contributed by atoms with van der Waals surface area (Å²) in [7, 11) is 0. The average molecular weight is 682 g/mol. The molecule has 0 saturated carbocycles. The maximum atomic E-state index is 13.5. The van der Waals surface area contributed by atoms with Crippen molar-refractivity contribution >= 4 is 11.6 Å². The first-order valence-electron chi connectivity index (χ1n) is 17.8. The summed E-state index contributed by atoms with van der Waals surface area (Å²) in [6, 6.07) is 41.6. The summed E-state index contributed by atoms with van der Waals surface area (Å²) in [5, 5.41) is 0. The molecule has 5 heteroatoms. The second-order valence-electron chi connectivity index (χ2n) is 14.0. The first kappa shape index (κ1) is 34.4. The number of ketones is 2. The third-order valence-electron chi connectivity index (χ3n) is 10.0. The number of pyridine rings is 1. The molecule has 0 aliphatic rings. The highest BCUT2D eigenvalue weighted by Gasteiger charge is 2.29. The molecule has 0 aliphatic heterocycles. The number of hydrogen-bond acceptors (Lipinski definition) is 3. The lowest BCUT2D eigenvalue weighted by Gasteiger charge is -2.25. The van der Waals surface area contributed by atoms with Crippen molar-refractivity contribution in [1.82, 2.24) is 15.0 Å². The molecule has 7 rings (SSSR count). The van der Waals surface area contributed by atoms with Crippen molar-refractivity contribution in [3.05, 3.63) is 217 Å². The van der Waals surface area contributed by atoms with Crippen molar-refractivity contribution in [2.75, 3.05) is 0 Å². The van der Waals surface area contributed by atoms with Gasteiger partial charge in [0, 0.05) is 22.5 Å². The van der Waals surface area contributed by atoms with Gasteiger partial charge in [-0.2, -0.15) is 0 Å². The van der Waals surface area contributed by atoms with Crippen LogP contribution in [0.4, 0.5) is 0 Å². The Morgan fingerprint density at radius 1 is 0.462 bits per heavy atom. The minimum Gasteiger partial charge on any atom is -0.355 e. The molecule has 0 amide bonds. The van der Waals surface area contributed by atoms with E-state index in [1.165, 1.54) is 11.1 Å². The third kappa shape index (κ3) is 6.70. The van der Waals surface area contributed by atoms with Crippen LogP contribution < -0.4 is 0 Å². The van der Waals surface area contributed by atoms with E-state index in [0.717, 1.165) is 56.2 Å². The molecule has 0 radical (unpaired) electrons. The van der Waals surface area contributed by atoms with Gasteiger partial charge in [0.25, 0.3) is 0 Å². The number of aromatic amines is 2. The zero-order valence-corrected chi connectivity index (χ0v) is 30.5. The Hall–Kier alpha value is -6.07. The van der Waals surface area contributed by atoms with Crippen molar-refractivity contribution in [2.45, 2.75) is 53.4 Å². The maximum absolute atomic E-state index is 13.5. The van der Waals surface area contributed by atoms with Gasteiger partial charge in [0.1, 0.15) is 0 Å². The number of carbonyl (C=O) groups excluding carboxylic acids is 2. The van der Waals surface area contributed by atoms with E-state index in [-0.39, 0.29) is 23.4 Å². The van der Waals surface area contributed by atoms with Crippen LogP contribution in [-0.2, 0) is 0 Å². The first-order chi connectivity index (χ1) is 25.1. The highest BCUT2D eigenvalue weighted by molar-refractivity contribution is 6.08. The number of nitrogens with one attached hydrogen (secondary N) is 2. The molecule has 5 nitrogen and oxygen atoms in total. The second kappa shape index (κ2) is 14.3. The molecule has 4 aromatic carbocycles. The molecular formula is C47H43N3O2. The van der Waals surface area contributed by atoms with E-state index in [4.69, 9.17) is 4.98 Å². The fourth-order valence-corrected chi connectivity index (χ4v) is 7.92. The van der Waals surface area contributed by atoms with Crippen LogP contribution in [0.3, 0.4) is 0 Å². The van der Waals surface area contributed by atoms with Gasteiger partial charge in [-0.3, -0.25) is 14.6 Å². The number of nitrogens with zero attached hydrogens (tertiary/aromatic N) is 1. The summed E-state index contributed by atoms with van der Waals surface area (Å²) >= 11 is 0. The number of carbonyl (C=O) groups is 2. The van der Waals surface area contributed by atoms with E-state index in [1.807, 2.05) is 84.9 Å². The van der Waals surface area contributed by atoms with Gasteiger partial charge in [0.15, 0.2) is 0 Å². The predicted molar refractivity (Wildman–Crippen MR) is 209 cm³/mol. The van der Waals surface area contributed by atoms with Crippen LogP contribution in [0.5, 0.6) is 0 Å². The van der Waals surface area contributed by atoms with Crippen molar-refractivity contribution in [2.24, 2.45) is 0 Å². The molecule has 0 bridgehead atoms. The van der Waals surface area contributed by atoms with Crippen LogP contribution in [0.2, 0.25) is 0 Å². The molecule has 52 heavy (non-hydrogen) atoms. The molecule has 258 valence electrons. The summed E-state index contributed by atoms with van der Waals surface area (Å²) in [5.74, 6) is -0.638. The van der Waals surface area contributed by atoms with E-state index < -0.39 is 0 Å². The van der Waals surface area contributed by atoms with Crippen LogP contribution in [-0.4, -0.2) is 26.5 Å². The average Bonchev–Trinajstić information content (AvgIpc) is 3.82. The van der Waals surface area contributed by atoms with Crippen molar-refractivity contribution < 1.29 is 9.59 Å². The molecule has 7 aromatic rings.